The van der Waals surface area contributed by atoms with Crippen molar-refractivity contribution < 1.29 is 4.79 Å². The number of hydrogen-bond donors (Lipinski definition) is 1. The molecule has 0 aliphatic rings. The van der Waals surface area contributed by atoms with E-state index in [9.17, 15) is 4.79 Å². The van der Waals surface area contributed by atoms with Crippen molar-refractivity contribution in [2.75, 3.05) is 11.1 Å². The van der Waals surface area contributed by atoms with Gasteiger partial charge in [-0.2, -0.15) is 5.10 Å². The van der Waals surface area contributed by atoms with Crippen LogP contribution in [0, 0.1) is 0 Å². The first-order chi connectivity index (χ1) is 13.2. The normalized spacial score (nSPS) is 11.6. The topological polar surface area (TPSA) is 59.8 Å². The number of anilines is 1. The first kappa shape index (κ1) is 18.9. The van der Waals surface area contributed by atoms with Gasteiger partial charge in [-0.3, -0.25) is 4.79 Å². The highest BCUT2D eigenvalue weighted by molar-refractivity contribution is 8.03. The minimum absolute atomic E-state index is 0.188. The molecule has 0 spiro atoms. The lowest BCUT2D eigenvalue weighted by Crippen LogP contribution is -2.15. The molecule has 0 saturated carbocycles. The van der Waals surface area contributed by atoms with E-state index < -0.39 is 0 Å². The number of ketones is 1. The van der Waals surface area contributed by atoms with Gasteiger partial charge in [0.05, 0.1) is 0 Å². The molecule has 1 aromatic heterocycles. The molecule has 1 N–H and O–H groups in total. The van der Waals surface area contributed by atoms with E-state index in [2.05, 4.69) is 22.0 Å². The Morgan fingerprint density at radius 3 is 2.56 bits per heavy atom. The summed E-state index contributed by atoms with van der Waals surface area (Å²) in [6.07, 6.45) is 4.68. The quantitative estimate of drug-likeness (QED) is 0.331. The van der Waals surface area contributed by atoms with Gasteiger partial charge in [-0.1, -0.05) is 35.9 Å². The van der Waals surface area contributed by atoms with Crippen LogP contribution < -0.4 is 5.32 Å². The number of Topliss-reactive ketones (excluding diaryl/α,β-unsaturated/α-hetero) is 1. The van der Waals surface area contributed by atoms with Crippen LogP contribution >= 0.6 is 23.4 Å². The Morgan fingerprint density at radius 1 is 1.19 bits per heavy atom. The lowest BCUT2D eigenvalue weighted by molar-refractivity contribution is 0.104. The van der Waals surface area contributed by atoms with Gasteiger partial charge in [-0.15, -0.1) is 18.3 Å². The largest absolute Gasteiger partial charge is 0.348 e. The van der Waals surface area contributed by atoms with E-state index in [1.54, 1.807) is 30.3 Å². The molecular formula is C20H17ClN4OS. The van der Waals surface area contributed by atoms with Crippen molar-refractivity contribution >= 4 is 40.5 Å². The van der Waals surface area contributed by atoms with E-state index in [0.717, 1.165) is 5.69 Å². The Balaban J connectivity index is 2.09. The average Bonchev–Trinajstić information content (AvgIpc) is 3.21. The van der Waals surface area contributed by atoms with Gasteiger partial charge in [0.25, 0.3) is 0 Å². The summed E-state index contributed by atoms with van der Waals surface area (Å²) >= 11 is 7.42. The minimum atomic E-state index is -0.188. The second kappa shape index (κ2) is 9.21. The van der Waals surface area contributed by atoms with Gasteiger partial charge in [0.1, 0.15) is 23.4 Å². The molecule has 0 bridgehead atoms. The summed E-state index contributed by atoms with van der Waals surface area (Å²) < 4.78 is 1.47. The third-order valence-corrected chi connectivity index (χ3v) is 4.80. The van der Waals surface area contributed by atoms with Crippen LogP contribution in [0.15, 0.2) is 84.9 Å². The van der Waals surface area contributed by atoms with Crippen LogP contribution in [0.3, 0.4) is 0 Å². The van der Waals surface area contributed by atoms with Crippen LogP contribution in [0.4, 0.5) is 5.69 Å². The molecule has 27 heavy (non-hydrogen) atoms. The highest BCUT2D eigenvalue weighted by Gasteiger charge is 2.21. The fourth-order valence-corrected chi connectivity index (χ4v) is 3.25. The van der Waals surface area contributed by atoms with Gasteiger partial charge in [-0.05, 0) is 36.4 Å². The molecule has 3 rings (SSSR count). The molecule has 0 atom stereocenters. The van der Waals surface area contributed by atoms with Crippen molar-refractivity contribution in [2.45, 2.75) is 0 Å². The fourth-order valence-electron chi connectivity index (χ4n) is 2.33. The summed E-state index contributed by atoms with van der Waals surface area (Å²) in [5, 5.41) is 8.73. The van der Waals surface area contributed by atoms with Crippen LogP contribution in [0.1, 0.15) is 10.4 Å². The standard InChI is InChI=1S/C20H17ClN4OS/c1-2-12-27-20(24-17-6-4-3-5-7-17)18(25-14-22-13-23-25)19(26)15-8-10-16(21)11-9-15/h2-11,13-14,24H,1,12H2. The molecule has 2 aromatic carbocycles. The van der Waals surface area contributed by atoms with Crippen molar-refractivity contribution in [2.24, 2.45) is 0 Å². The average molecular weight is 397 g/mol. The number of aromatic nitrogens is 3. The first-order valence-electron chi connectivity index (χ1n) is 8.14. The van der Waals surface area contributed by atoms with Crippen LogP contribution in [0.25, 0.3) is 5.70 Å². The van der Waals surface area contributed by atoms with E-state index in [0.29, 0.717) is 27.1 Å². The summed E-state index contributed by atoms with van der Waals surface area (Å²) in [6.45, 7) is 3.77. The lowest BCUT2D eigenvalue weighted by atomic mass is 10.1. The molecule has 5 nitrogen and oxygen atoms in total. The highest BCUT2D eigenvalue weighted by atomic mass is 35.5. The number of halogens is 1. The smallest absolute Gasteiger partial charge is 0.214 e. The summed E-state index contributed by atoms with van der Waals surface area (Å²) in [7, 11) is 0. The molecule has 0 radical (unpaired) electrons. The maximum absolute atomic E-state index is 13.3. The van der Waals surface area contributed by atoms with Crippen LogP contribution in [0.2, 0.25) is 5.02 Å². The second-order valence-electron chi connectivity index (χ2n) is 5.44. The molecule has 3 aromatic rings. The molecule has 0 amide bonds. The number of para-hydroxylation sites is 1. The zero-order chi connectivity index (χ0) is 19.1. The maximum atomic E-state index is 13.3. The summed E-state index contributed by atoms with van der Waals surface area (Å²) in [5.74, 6) is 0.438. The van der Waals surface area contributed by atoms with Gasteiger partial charge in [0, 0.05) is 22.0 Å². The van der Waals surface area contributed by atoms with Crippen LogP contribution in [-0.2, 0) is 0 Å². The highest BCUT2D eigenvalue weighted by Crippen LogP contribution is 2.28. The number of carbonyl (C=O) groups is 1. The Kier molecular flexibility index (Phi) is 6.46. The second-order valence-corrected chi connectivity index (χ2v) is 6.91. The van der Waals surface area contributed by atoms with Gasteiger partial charge in [-0.25, -0.2) is 9.67 Å². The molecule has 0 fully saturated rings. The van der Waals surface area contributed by atoms with Gasteiger partial charge < -0.3 is 5.32 Å². The van der Waals surface area contributed by atoms with Crippen molar-refractivity contribution in [3.05, 3.63) is 95.5 Å². The number of rotatable bonds is 8. The number of hydrogen-bond acceptors (Lipinski definition) is 5. The van der Waals surface area contributed by atoms with E-state index in [-0.39, 0.29) is 5.78 Å². The minimum Gasteiger partial charge on any atom is -0.348 e. The lowest BCUT2D eigenvalue weighted by Gasteiger charge is -2.16. The molecule has 1 heterocycles. The number of carbonyl (C=O) groups excluding carboxylic acids is 1. The number of thioether (sulfide) groups is 1. The predicted octanol–water partition coefficient (Wildman–Crippen LogP) is 4.97. The van der Waals surface area contributed by atoms with Gasteiger partial charge in [0.15, 0.2) is 0 Å². The van der Waals surface area contributed by atoms with Crippen LogP contribution in [0.5, 0.6) is 0 Å². The molecule has 136 valence electrons. The summed E-state index contributed by atoms with van der Waals surface area (Å²) in [5.41, 5.74) is 1.76. The zero-order valence-electron chi connectivity index (χ0n) is 14.4. The van der Waals surface area contributed by atoms with E-state index in [1.165, 1.54) is 29.1 Å². The molecule has 0 unspecified atom stereocenters. The summed E-state index contributed by atoms with van der Waals surface area (Å²) in [6, 6.07) is 16.4. The Bertz CT molecular complexity index is 938. The van der Waals surface area contributed by atoms with Crippen molar-refractivity contribution in [3.8, 4) is 0 Å². The molecule has 0 aliphatic carbocycles. The molecule has 0 saturated heterocycles. The first-order valence-corrected chi connectivity index (χ1v) is 9.50. The third kappa shape index (κ3) is 4.87. The SMILES string of the molecule is C=CCSC(Nc1ccccc1)=C(C(=O)c1ccc(Cl)cc1)n1cncn1. The summed E-state index contributed by atoms with van der Waals surface area (Å²) in [4.78, 5) is 17.3. The zero-order valence-corrected chi connectivity index (χ0v) is 16.0. The Labute approximate surface area is 166 Å². The van der Waals surface area contributed by atoms with Crippen molar-refractivity contribution in [1.29, 1.82) is 0 Å². The Morgan fingerprint density at radius 2 is 1.93 bits per heavy atom. The monoisotopic (exact) mass is 396 g/mol. The number of nitrogens with one attached hydrogen (secondary N) is 1. The maximum Gasteiger partial charge on any atom is 0.214 e. The third-order valence-electron chi connectivity index (χ3n) is 3.56. The molecule has 7 heteroatoms. The predicted molar refractivity (Wildman–Crippen MR) is 112 cm³/mol. The molecular weight excluding hydrogens is 380 g/mol. The van der Waals surface area contributed by atoms with E-state index in [1.807, 2.05) is 30.3 Å². The number of nitrogens with zero attached hydrogens (tertiary/aromatic N) is 3. The number of allylic oxidation sites excluding steroid dienone is 1. The van der Waals surface area contributed by atoms with Gasteiger partial charge in [0.2, 0.25) is 5.78 Å². The Hall–Kier alpha value is -2.83. The van der Waals surface area contributed by atoms with E-state index >= 15 is 0 Å². The van der Waals surface area contributed by atoms with Crippen molar-refractivity contribution in [1.82, 2.24) is 14.8 Å². The molecule has 0 aliphatic heterocycles. The fraction of sp³-hybridized carbons (Fsp3) is 0.0500. The van der Waals surface area contributed by atoms with Crippen molar-refractivity contribution in [3.63, 3.8) is 0 Å². The van der Waals surface area contributed by atoms with Crippen LogP contribution in [-0.4, -0.2) is 26.3 Å². The number of benzene rings is 2. The van der Waals surface area contributed by atoms with E-state index in [4.69, 9.17) is 11.6 Å². The van der Waals surface area contributed by atoms with Gasteiger partial charge >= 0.3 is 0 Å².